The van der Waals surface area contributed by atoms with Crippen molar-refractivity contribution in [1.29, 1.82) is 0 Å². The maximum Gasteiger partial charge on any atom is 0.264 e. The van der Waals surface area contributed by atoms with E-state index >= 15 is 0 Å². The summed E-state index contributed by atoms with van der Waals surface area (Å²) in [5, 5.41) is 4.21. The van der Waals surface area contributed by atoms with Crippen molar-refractivity contribution in [3.63, 3.8) is 0 Å². The molecule has 1 amide bonds. The third-order valence-corrected chi connectivity index (χ3v) is 6.48. The molecule has 2 heterocycles. The normalized spacial score (nSPS) is 16.5. The molecular weight excluding hydrogens is 437 g/mol. The van der Waals surface area contributed by atoms with Gasteiger partial charge in [0.2, 0.25) is 0 Å². The van der Waals surface area contributed by atoms with Gasteiger partial charge in [-0.3, -0.25) is 4.79 Å². The number of benzene rings is 2. The molecule has 2 aromatic carbocycles. The fourth-order valence-corrected chi connectivity index (χ4v) is 4.44. The predicted octanol–water partition coefficient (Wildman–Crippen LogP) is 6.60. The Morgan fingerprint density at radius 3 is 2.43 bits per heavy atom. The molecule has 1 N–H and O–H groups in total. The fraction of sp³-hybridized carbons (Fsp3) is 0.130. The topological polar surface area (TPSA) is 46.4 Å². The zero-order valence-electron chi connectivity index (χ0n) is 16.7. The van der Waals surface area contributed by atoms with E-state index < -0.39 is 0 Å². The van der Waals surface area contributed by atoms with Crippen LogP contribution >= 0.6 is 35.0 Å². The summed E-state index contributed by atoms with van der Waals surface area (Å²) in [5.41, 5.74) is 6.14. The molecule has 30 heavy (non-hydrogen) atoms. The highest BCUT2D eigenvalue weighted by Gasteiger charge is 2.24. The monoisotopic (exact) mass is 455 g/mol. The molecule has 1 saturated heterocycles. The van der Waals surface area contributed by atoms with E-state index in [9.17, 15) is 4.79 Å². The van der Waals surface area contributed by atoms with E-state index in [4.69, 9.17) is 23.2 Å². The van der Waals surface area contributed by atoms with Crippen molar-refractivity contribution in [3.8, 4) is 5.69 Å². The first kappa shape index (κ1) is 20.8. The van der Waals surface area contributed by atoms with Gasteiger partial charge < -0.3 is 9.88 Å². The third kappa shape index (κ3) is 4.19. The smallest absolute Gasteiger partial charge is 0.264 e. The molecule has 0 spiro atoms. The van der Waals surface area contributed by atoms with Gasteiger partial charge in [-0.15, -0.1) is 0 Å². The second-order valence-corrected chi connectivity index (χ2v) is 8.92. The van der Waals surface area contributed by atoms with E-state index in [1.807, 2.05) is 6.08 Å². The lowest BCUT2D eigenvalue weighted by Gasteiger charge is -2.10. The Morgan fingerprint density at radius 1 is 1.00 bits per heavy atom. The Kier molecular flexibility index (Phi) is 5.78. The SMILES string of the molecule is Cc1ccc(-n2c(C)cc(/C=C3\SC(=Nc4ccc(Cl)c(Cl)c4)NC3=O)c2C)cc1. The molecule has 1 aromatic heterocycles. The minimum atomic E-state index is -0.168. The zero-order chi connectivity index (χ0) is 21.4. The number of aryl methyl sites for hydroxylation is 2. The van der Waals surface area contributed by atoms with Crippen molar-refractivity contribution in [2.75, 3.05) is 0 Å². The van der Waals surface area contributed by atoms with Crippen molar-refractivity contribution < 1.29 is 4.79 Å². The van der Waals surface area contributed by atoms with Gasteiger partial charge in [-0.25, -0.2) is 4.99 Å². The number of thioether (sulfide) groups is 1. The maximum absolute atomic E-state index is 12.5. The second-order valence-electron chi connectivity index (χ2n) is 7.08. The lowest BCUT2D eigenvalue weighted by atomic mass is 10.2. The second kappa shape index (κ2) is 8.34. The minimum absolute atomic E-state index is 0.168. The van der Waals surface area contributed by atoms with E-state index in [-0.39, 0.29) is 5.91 Å². The summed E-state index contributed by atoms with van der Waals surface area (Å²) in [5.74, 6) is -0.168. The van der Waals surface area contributed by atoms with Gasteiger partial charge in [-0.2, -0.15) is 0 Å². The number of aliphatic imine (C=N–C) groups is 1. The molecule has 4 rings (SSSR count). The zero-order valence-corrected chi connectivity index (χ0v) is 19.0. The van der Waals surface area contributed by atoms with Gasteiger partial charge in [0.1, 0.15) is 0 Å². The van der Waals surface area contributed by atoms with Crippen LogP contribution in [0.25, 0.3) is 11.8 Å². The maximum atomic E-state index is 12.5. The van der Waals surface area contributed by atoms with E-state index in [1.165, 1.54) is 17.3 Å². The number of aromatic nitrogens is 1. The average molecular weight is 456 g/mol. The largest absolute Gasteiger partial charge is 0.318 e. The Bertz CT molecular complexity index is 1210. The molecule has 0 saturated carbocycles. The number of carbonyl (C=O) groups is 1. The van der Waals surface area contributed by atoms with E-state index in [0.29, 0.717) is 25.8 Å². The average Bonchev–Trinajstić information content (AvgIpc) is 3.18. The number of halogens is 2. The summed E-state index contributed by atoms with van der Waals surface area (Å²) in [6.45, 7) is 6.19. The molecule has 3 aromatic rings. The first-order chi connectivity index (χ1) is 14.3. The summed E-state index contributed by atoms with van der Waals surface area (Å²) in [4.78, 5) is 17.5. The van der Waals surface area contributed by atoms with Gasteiger partial charge in [0, 0.05) is 17.1 Å². The summed E-state index contributed by atoms with van der Waals surface area (Å²) in [6.07, 6.45) is 1.91. The fourth-order valence-electron chi connectivity index (χ4n) is 3.32. The number of rotatable bonds is 3. The van der Waals surface area contributed by atoms with Crippen LogP contribution in [0, 0.1) is 20.8 Å². The summed E-state index contributed by atoms with van der Waals surface area (Å²) >= 11 is 13.3. The highest BCUT2D eigenvalue weighted by atomic mass is 35.5. The first-order valence-corrected chi connectivity index (χ1v) is 10.9. The Hall–Kier alpha value is -2.47. The van der Waals surface area contributed by atoms with Crippen LogP contribution in [0.5, 0.6) is 0 Å². The highest BCUT2D eigenvalue weighted by molar-refractivity contribution is 8.18. The molecule has 0 unspecified atom stereocenters. The molecule has 1 aliphatic heterocycles. The van der Waals surface area contributed by atoms with E-state index in [2.05, 4.69) is 66.0 Å². The van der Waals surface area contributed by atoms with E-state index in [0.717, 1.165) is 22.6 Å². The summed E-state index contributed by atoms with van der Waals surface area (Å²) in [7, 11) is 0. The molecule has 0 aliphatic carbocycles. The quantitative estimate of drug-likeness (QED) is 0.452. The molecule has 7 heteroatoms. The number of nitrogens with one attached hydrogen (secondary N) is 1. The molecular formula is C23H19Cl2N3OS. The molecule has 0 atom stereocenters. The van der Waals surface area contributed by atoms with Gasteiger partial charge in [0.25, 0.3) is 5.91 Å². The van der Waals surface area contributed by atoms with Gasteiger partial charge in [0.05, 0.1) is 20.6 Å². The standard InChI is InChI=1S/C23H19Cl2N3OS/c1-13-4-7-18(8-5-13)28-14(2)10-16(15(28)3)11-21-22(29)27-23(30-21)26-17-6-9-19(24)20(25)12-17/h4-12H,1-3H3,(H,26,27,29)/b21-11-. The number of amidine groups is 1. The summed E-state index contributed by atoms with van der Waals surface area (Å²) in [6, 6.07) is 15.6. The molecule has 0 radical (unpaired) electrons. The van der Waals surface area contributed by atoms with Crippen molar-refractivity contribution in [2.24, 2.45) is 4.99 Å². The number of carbonyl (C=O) groups excluding carboxylic acids is 1. The Balaban J connectivity index is 1.63. The molecule has 1 fully saturated rings. The Labute approximate surface area is 189 Å². The molecule has 0 bridgehead atoms. The van der Waals surface area contributed by atoms with Crippen LogP contribution in [-0.4, -0.2) is 15.6 Å². The summed E-state index contributed by atoms with van der Waals surface area (Å²) < 4.78 is 2.19. The van der Waals surface area contributed by atoms with Gasteiger partial charge in [-0.05, 0) is 80.6 Å². The van der Waals surface area contributed by atoms with Crippen LogP contribution in [0.1, 0.15) is 22.5 Å². The Morgan fingerprint density at radius 2 is 1.73 bits per heavy atom. The number of nitrogens with zero attached hydrogens (tertiary/aromatic N) is 2. The lowest BCUT2D eigenvalue weighted by Crippen LogP contribution is -2.19. The van der Waals surface area contributed by atoms with Gasteiger partial charge in [0.15, 0.2) is 5.17 Å². The van der Waals surface area contributed by atoms with Crippen LogP contribution in [0.2, 0.25) is 10.0 Å². The van der Waals surface area contributed by atoms with Crippen molar-refractivity contribution in [3.05, 3.63) is 86.0 Å². The van der Waals surface area contributed by atoms with Crippen LogP contribution in [0.4, 0.5) is 5.69 Å². The predicted molar refractivity (Wildman–Crippen MR) is 127 cm³/mol. The van der Waals surface area contributed by atoms with Crippen LogP contribution < -0.4 is 5.32 Å². The van der Waals surface area contributed by atoms with E-state index in [1.54, 1.807) is 18.2 Å². The molecule has 152 valence electrons. The molecule has 1 aliphatic rings. The van der Waals surface area contributed by atoms with Crippen LogP contribution in [0.3, 0.4) is 0 Å². The molecule has 4 nitrogen and oxygen atoms in total. The van der Waals surface area contributed by atoms with Crippen molar-refractivity contribution in [1.82, 2.24) is 9.88 Å². The number of hydrogen-bond acceptors (Lipinski definition) is 3. The van der Waals surface area contributed by atoms with Gasteiger partial charge in [-0.1, -0.05) is 40.9 Å². The number of amides is 1. The van der Waals surface area contributed by atoms with Crippen LogP contribution in [-0.2, 0) is 4.79 Å². The highest BCUT2D eigenvalue weighted by Crippen LogP contribution is 2.32. The minimum Gasteiger partial charge on any atom is -0.318 e. The van der Waals surface area contributed by atoms with Gasteiger partial charge >= 0.3 is 0 Å². The van der Waals surface area contributed by atoms with Crippen molar-refractivity contribution >= 4 is 57.8 Å². The first-order valence-electron chi connectivity index (χ1n) is 9.32. The van der Waals surface area contributed by atoms with Crippen LogP contribution in [0.15, 0.2) is 58.4 Å². The lowest BCUT2D eigenvalue weighted by molar-refractivity contribution is -0.115. The number of hydrogen-bond donors (Lipinski definition) is 1. The van der Waals surface area contributed by atoms with Crippen molar-refractivity contribution in [2.45, 2.75) is 20.8 Å². The third-order valence-electron chi connectivity index (χ3n) is 4.83.